The number of carbonyl (C=O) groups is 1. The molecule has 3 saturated carbocycles. The average Bonchev–Trinajstić information content (AvgIpc) is 3.21. The topological polar surface area (TPSA) is 26.3 Å². The van der Waals surface area contributed by atoms with E-state index in [0.29, 0.717) is 21.0 Å². The van der Waals surface area contributed by atoms with E-state index in [2.05, 4.69) is 40.7 Å². The normalized spacial score (nSPS) is 37.2. The van der Waals surface area contributed by atoms with Gasteiger partial charge >= 0.3 is 5.97 Å². The molecule has 4 heteroatoms. The van der Waals surface area contributed by atoms with Gasteiger partial charge in [0.1, 0.15) is 6.10 Å². The van der Waals surface area contributed by atoms with Crippen molar-refractivity contribution in [1.82, 2.24) is 0 Å². The predicted octanol–water partition coefficient (Wildman–Crippen LogP) is 10.6. The fraction of sp³-hybridized carbons (Fsp3) is 0.735. The lowest BCUT2D eigenvalue weighted by Gasteiger charge is -2.58. The summed E-state index contributed by atoms with van der Waals surface area (Å²) in [5.74, 6) is 4.71. The van der Waals surface area contributed by atoms with Crippen LogP contribution in [-0.2, 0) is 4.74 Å². The zero-order valence-corrected chi connectivity index (χ0v) is 25.7. The van der Waals surface area contributed by atoms with Gasteiger partial charge in [0.25, 0.3) is 0 Å². The molecule has 38 heavy (non-hydrogen) atoms. The van der Waals surface area contributed by atoms with E-state index in [-0.39, 0.29) is 17.5 Å². The highest BCUT2D eigenvalue weighted by Crippen LogP contribution is 2.67. The van der Waals surface area contributed by atoms with E-state index >= 15 is 0 Å². The minimum Gasteiger partial charge on any atom is -0.458 e. The van der Waals surface area contributed by atoms with Gasteiger partial charge in [0.05, 0.1) is 10.6 Å². The van der Waals surface area contributed by atoms with Crippen LogP contribution in [0, 0.1) is 46.3 Å². The number of hydrogen-bond donors (Lipinski definition) is 0. The molecule has 210 valence electrons. The molecule has 0 N–H and O–H groups in total. The van der Waals surface area contributed by atoms with Crippen LogP contribution < -0.4 is 0 Å². The van der Waals surface area contributed by atoms with Crippen molar-refractivity contribution >= 4 is 29.2 Å². The van der Waals surface area contributed by atoms with Gasteiger partial charge in [-0.1, -0.05) is 88.7 Å². The Morgan fingerprint density at radius 1 is 1.03 bits per heavy atom. The first-order valence-electron chi connectivity index (χ1n) is 15.4. The van der Waals surface area contributed by atoms with Gasteiger partial charge in [0, 0.05) is 11.4 Å². The molecule has 2 nitrogen and oxygen atoms in total. The van der Waals surface area contributed by atoms with E-state index in [1.165, 1.54) is 51.4 Å². The van der Waals surface area contributed by atoms with Crippen LogP contribution in [0.4, 0.5) is 0 Å². The molecule has 5 rings (SSSR count). The molecule has 0 bridgehead atoms. The molecule has 0 aliphatic heterocycles. The Bertz CT molecular complexity index is 1060. The number of ether oxygens (including phenoxy) is 1. The van der Waals surface area contributed by atoms with Gasteiger partial charge in [-0.25, -0.2) is 4.79 Å². The molecule has 0 radical (unpaired) electrons. The molecule has 4 aliphatic rings. The molecule has 0 amide bonds. The summed E-state index contributed by atoms with van der Waals surface area (Å²) in [6.45, 7) is 12.5. The largest absolute Gasteiger partial charge is 0.458 e. The van der Waals surface area contributed by atoms with E-state index in [4.69, 9.17) is 27.9 Å². The molecule has 0 saturated heterocycles. The van der Waals surface area contributed by atoms with Gasteiger partial charge < -0.3 is 4.74 Å². The van der Waals surface area contributed by atoms with Crippen LogP contribution in [0.3, 0.4) is 0 Å². The molecule has 1 aromatic rings. The van der Waals surface area contributed by atoms with E-state index in [1.807, 2.05) is 0 Å². The number of fused-ring (bicyclic) bond motifs is 5. The summed E-state index contributed by atoms with van der Waals surface area (Å²) in [4.78, 5) is 12.9. The van der Waals surface area contributed by atoms with Crippen LogP contribution in [-0.4, -0.2) is 12.1 Å². The second-order valence-electron chi connectivity index (χ2n) is 14.2. The first-order valence-corrected chi connectivity index (χ1v) is 16.1. The molecular formula is C34H48Cl2O2. The summed E-state index contributed by atoms with van der Waals surface area (Å²) >= 11 is 12.3. The fourth-order valence-electron chi connectivity index (χ4n) is 9.62. The van der Waals surface area contributed by atoms with Crippen LogP contribution >= 0.6 is 23.2 Å². The monoisotopic (exact) mass is 558 g/mol. The maximum atomic E-state index is 12.9. The summed E-state index contributed by atoms with van der Waals surface area (Å²) in [5, 5.41) is 0.886. The fourth-order valence-corrected chi connectivity index (χ4v) is 10.1. The van der Waals surface area contributed by atoms with Crippen molar-refractivity contribution in [3.63, 3.8) is 0 Å². The van der Waals surface area contributed by atoms with Crippen molar-refractivity contribution < 1.29 is 9.53 Å². The highest BCUT2D eigenvalue weighted by Gasteiger charge is 2.59. The standard InChI is InChI=1S/C34H48Cl2O2/c1-21(2)7-6-8-22(3)28-13-14-29-26-11-9-23-19-25(38-32(37)27-12-10-24(35)20-31(27)36)15-17-33(23,4)30(26)16-18-34(28,29)5/h9-10,12,20-22,25-26,28-30H,6-8,11,13-19H2,1-5H3/t22-,25-,26-,28+,29-,30-,33-,34+/m1/s1. The smallest absolute Gasteiger partial charge is 0.339 e. The Morgan fingerprint density at radius 2 is 1.82 bits per heavy atom. The highest BCUT2D eigenvalue weighted by atomic mass is 35.5. The summed E-state index contributed by atoms with van der Waals surface area (Å²) in [7, 11) is 0. The van der Waals surface area contributed by atoms with Gasteiger partial charge in [-0.2, -0.15) is 0 Å². The van der Waals surface area contributed by atoms with Gasteiger partial charge in [0.2, 0.25) is 0 Å². The molecule has 1 aromatic carbocycles. The first kappa shape index (κ1) is 28.5. The maximum absolute atomic E-state index is 12.9. The van der Waals surface area contributed by atoms with Gasteiger partial charge in [-0.15, -0.1) is 0 Å². The number of esters is 1. The Hall–Kier alpha value is -0.990. The lowest BCUT2D eigenvalue weighted by Crippen LogP contribution is -2.51. The summed E-state index contributed by atoms with van der Waals surface area (Å²) in [6, 6.07) is 4.98. The van der Waals surface area contributed by atoms with E-state index in [9.17, 15) is 4.79 Å². The molecule has 4 aliphatic carbocycles. The Balaban J connectivity index is 1.25. The Kier molecular flexibility index (Phi) is 8.35. The molecule has 8 atom stereocenters. The Morgan fingerprint density at radius 3 is 2.55 bits per heavy atom. The molecule has 0 heterocycles. The van der Waals surface area contributed by atoms with E-state index in [1.54, 1.807) is 23.8 Å². The van der Waals surface area contributed by atoms with Crippen LogP contribution in [0.15, 0.2) is 29.8 Å². The van der Waals surface area contributed by atoms with Crippen molar-refractivity contribution in [2.24, 2.45) is 46.3 Å². The summed E-state index contributed by atoms with van der Waals surface area (Å²) in [5.41, 5.74) is 2.73. The molecule has 0 aromatic heterocycles. The van der Waals surface area contributed by atoms with E-state index < -0.39 is 0 Å². The number of allylic oxidation sites excluding steroid dienone is 1. The number of rotatable bonds is 7. The lowest BCUT2D eigenvalue weighted by atomic mass is 9.47. The number of halogens is 2. The van der Waals surface area contributed by atoms with Crippen molar-refractivity contribution in [2.45, 2.75) is 111 Å². The Labute approximate surface area is 241 Å². The van der Waals surface area contributed by atoms with Crippen LogP contribution in [0.2, 0.25) is 10.0 Å². The zero-order valence-electron chi connectivity index (χ0n) is 24.2. The van der Waals surface area contributed by atoms with Crippen LogP contribution in [0.1, 0.15) is 116 Å². The van der Waals surface area contributed by atoms with Crippen LogP contribution in [0.25, 0.3) is 0 Å². The van der Waals surface area contributed by atoms with Gasteiger partial charge in [-0.3, -0.25) is 0 Å². The minimum absolute atomic E-state index is 0.0680. The maximum Gasteiger partial charge on any atom is 0.339 e. The third kappa shape index (κ3) is 5.23. The SMILES string of the molecule is CC(C)CCC[C@@H](C)[C@@H]1CC[C@@H]2[C@H]3CC=C4C[C@H](OC(=O)c5ccc(Cl)cc5Cl)CC[C@@]4(C)[C@@H]3CC[C@]21C. The van der Waals surface area contributed by atoms with Crippen LogP contribution in [0.5, 0.6) is 0 Å². The van der Waals surface area contributed by atoms with Crippen molar-refractivity contribution in [2.75, 3.05) is 0 Å². The molecule has 0 spiro atoms. The average molecular weight is 560 g/mol. The number of benzene rings is 1. The van der Waals surface area contributed by atoms with Gasteiger partial charge in [-0.05, 0) is 109 Å². The second kappa shape index (κ2) is 11.1. The third-order valence-electron chi connectivity index (χ3n) is 11.7. The van der Waals surface area contributed by atoms with Crippen molar-refractivity contribution in [1.29, 1.82) is 0 Å². The van der Waals surface area contributed by atoms with Crippen molar-refractivity contribution in [3.05, 3.63) is 45.5 Å². The molecule has 3 fully saturated rings. The predicted molar refractivity (Wildman–Crippen MR) is 159 cm³/mol. The zero-order chi connectivity index (χ0) is 27.2. The van der Waals surface area contributed by atoms with Gasteiger partial charge in [0.15, 0.2) is 0 Å². The summed E-state index contributed by atoms with van der Waals surface area (Å²) < 4.78 is 5.99. The first-order chi connectivity index (χ1) is 18.0. The molecular weight excluding hydrogens is 511 g/mol. The number of hydrogen-bond acceptors (Lipinski definition) is 2. The number of carbonyl (C=O) groups excluding carboxylic acids is 1. The molecule has 0 unspecified atom stereocenters. The quantitative estimate of drug-likeness (QED) is 0.245. The third-order valence-corrected chi connectivity index (χ3v) is 12.2. The minimum atomic E-state index is -0.331. The van der Waals surface area contributed by atoms with Crippen molar-refractivity contribution in [3.8, 4) is 0 Å². The summed E-state index contributed by atoms with van der Waals surface area (Å²) in [6.07, 6.45) is 16.4. The lowest BCUT2D eigenvalue weighted by molar-refractivity contribution is -0.0594. The highest BCUT2D eigenvalue weighted by molar-refractivity contribution is 6.36. The van der Waals surface area contributed by atoms with E-state index in [0.717, 1.165) is 54.8 Å². The second-order valence-corrected chi connectivity index (χ2v) is 15.0.